The molecule has 3 rings (SSSR count). The Morgan fingerprint density at radius 2 is 2.12 bits per heavy atom. The van der Waals surface area contributed by atoms with Gasteiger partial charge in [0, 0.05) is 11.5 Å². The zero-order chi connectivity index (χ0) is 11.7. The smallest absolute Gasteiger partial charge is 0.229 e. The summed E-state index contributed by atoms with van der Waals surface area (Å²) in [6.07, 6.45) is 6.80. The maximum absolute atomic E-state index is 9.47. The van der Waals surface area contributed by atoms with Crippen LogP contribution in [-0.2, 0) is 6.54 Å². The van der Waals surface area contributed by atoms with Gasteiger partial charge in [0.15, 0.2) is 5.82 Å². The summed E-state index contributed by atoms with van der Waals surface area (Å²) in [7, 11) is 0. The molecule has 0 bridgehead atoms. The molecule has 0 amide bonds. The Hall–Kier alpha value is -0.940. The fourth-order valence-electron chi connectivity index (χ4n) is 2.54. The summed E-state index contributed by atoms with van der Waals surface area (Å²) in [5.74, 6) is 2.01. The number of rotatable bonds is 5. The highest BCUT2D eigenvalue weighted by Crippen LogP contribution is 2.38. The summed E-state index contributed by atoms with van der Waals surface area (Å²) in [5.41, 5.74) is -0.111. The van der Waals surface area contributed by atoms with Gasteiger partial charge in [-0.15, -0.1) is 0 Å². The Kier molecular flexibility index (Phi) is 2.88. The molecule has 17 heavy (non-hydrogen) atoms. The normalized spacial score (nSPS) is 23.1. The zero-order valence-corrected chi connectivity index (χ0v) is 9.98. The minimum Gasteiger partial charge on any atom is -0.394 e. The van der Waals surface area contributed by atoms with Crippen LogP contribution in [0.2, 0.25) is 0 Å². The molecule has 1 aromatic rings. The van der Waals surface area contributed by atoms with Crippen LogP contribution in [0.5, 0.6) is 0 Å². The highest BCUT2D eigenvalue weighted by molar-refractivity contribution is 5.02. The van der Waals surface area contributed by atoms with Crippen molar-refractivity contribution in [2.75, 3.05) is 6.61 Å². The highest BCUT2D eigenvalue weighted by atomic mass is 16.5. The van der Waals surface area contributed by atoms with E-state index in [2.05, 4.69) is 15.5 Å². The lowest BCUT2D eigenvalue weighted by atomic mass is 9.99. The zero-order valence-electron chi connectivity index (χ0n) is 9.98. The summed E-state index contributed by atoms with van der Waals surface area (Å²) in [5, 5.41) is 16.8. The second kappa shape index (κ2) is 4.38. The molecule has 1 aromatic heterocycles. The van der Waals surface area contributed by atoms with Crippen molar-refractivity contribution in [1.82, 2.24) is 15.5 Å². The van der Waals surface area contributed by atoms with E-state index in [0.29, 0.717) is 18.3 Å². The van der Waals surface area contributed by atoms with Crippen LogP contribution in [0.1, 0.15) is 56.2 Å². The quantitative estimate of drug-likeness (QED) is 0.808. The number of aromatic nitrogens is 2. The molecule has 2 saturated carbocycles. The lowest BCUT2D eigenvalue weighted by Crippen LogP contribution is -2.45. The van der Waals surface area contributed by atoms with Gasteiger partial charge in [0.2, 0.25) is 5.89 Å². The Morgan fingerprint density at radius 3 is 2.76 bits per heavy atom. The van der Waals surface area contributed by atoms with Crippen LogP contribution in [0, 0.1) is 0 Å². The van der Waals surface area contributed by atoms with E-state index in [4.69, 9.17) is 4.52 Å². The van der Waals surface area contributed by atoms with Gasteiger partial charge in [-0.1, -0.05) is 18.0 Å². The predicted octanol–water partition coefficient (Wildman–Crippen LogP) is 1.34. The molecule has 2 aliphatic rings. The topological polar surface area (TPSA) is 71.2 Å². The lowest BCUT2D eigenvalue weighted by Gasteiger charge is -2.27. The average Bonchev–Trinajstić information content (AvgIpc) is 2.94. The molecule has 94 valence electrons. The third-order valence-corrected chi connectivity index (χ3v) is 3.90. The number of nitrogens with one attached hydrogen (secondary N) is 1. The lowest BCUT2D eigenvalue weighted by molar-refractivity contribution is 0.161. The highest BCUT2D eigenvalue weighted by Gasteiger charge is 2.33. The number of hydrogen-bond donors (Lipinski definition) is 2. The van der Waals surface area contributed by atoms with Crippen molar-refractivity contribution in [3.8, 4) is 0 Å². The van der Waals surface area contributed by atoms with Crippen LogP contribution in [0.15, 0.2) is 4.52 Å². The molecule has 2 N–H and O–H groups in total. The molecule has 2 aliphatic carbocycles. The molecule has 0 aliphatic heterocycles. The van der Waals surface area contributed by atoms with Crippen molar-refractivity contribution in [1.29, 1.82) is 0 Å². The molecule has 0 spiro atoms. The number of nitrogens with zero attached hydrogens (tertiary/aromatic N) is 2. The van der Waals surface area contributed by atoms with Crippen molar-refractivity contribution in [3.05, 3.63) is 11.7 Å². The van der Waals surface area contributed by atoms with Crippen molar-refractivity contribution in [3.63, 3.8) is 0 Å². The molecular weight excluding hydrogens is 218 g/mol. The Balaban J connectivity index is 1.58. The van der Waals surface area contributed by atoms with Gasteiger partial charge >= 0.3 is 0 Å². The predicted molar refractivity (Wildman–Crippen MR) is 61.4 cm³/mol. The monoisotopic (exact) mass is 237 g/mol. The van der Waals surface area contributed by atoms with Crippen LogP contribution in [0.3, 0.4) is 0 Å². The van der Waals surface area contributed by atoms with Gasteiger partial charge in [0.05, 0.1) is 13.2 Å². The van der Waals surface area contributed by atoms with Crippen molar-refractivity contribution in [2.24, 2.45) is 0 Å². The first-order valence-corrected chi connectivity index (χ1v) is 6.50. The Bertz CT molecular complexity index is 381. The van der Waals surface area contributed by atoms with Crippen molar-refractivity contribution >= 4 is 0 Å². The van der Waals surface area contributed by atoms with E-state index in [1.807, 2.05) is 0 Å². The van der Waals surface area contributed by atoms with Crippen LogP contribution in [0.4, 0.5) is 0 Å². The molecule has 2 fully saturated rings. The molecule has 5 heteroatoms. The first-order valence-electron chi connectivity index (χ1n) is 6.50. The second-order valence-corrected chi connectivity index (χ2v) is 5.32. The van der Waals surface area contributed by atoms with Gasteiger partial charge in [-0.25, -0.2) is 0 Å². The van der Waals surface area contributed by atoms with Crippen LogP contribution < -0.4 is 5.32 Å². The van der Waals surface area contributed by atoms with Crippen molar-refractivity contribution in [2.45, 2.75) is 56.5 Å². The first-order chi connectivity index (χ1) is 8.31. The van der Waals surface area contributed by atoms with Gasteiger partial charge < -0.3 is 14.9 Å². The number of hydrogen-bond acceptors (Lipinski definition) is 5. The van der Waals surface area contributed by atoms with Crippen LogP contribution in [-0.4, -0.2) is 27.4 Å². The maximum Gasteiger partial charge on any atom is 0.229 e. The van der Waals surface area contributed by atoms with Crippen LogP contribution in [0.25, 0.3) is 0 Å². The molecule has 0 saturated heterocycles. The minimum atomic E-state index is -0.111. The van der Waals surface area contributed by atoms with E-state index in [1.54, 1.807) is 0 Å². The second-order valence-electron chi connectivity index (χ2n) is 5.32. The van der Waals surface area contributed by atoms with E-state index in [0.717, 1.165) is 18.7 Å². The first kappa shape index (κ1) is 11.2. The third kappa shape index (κ3) is 2.35. The summed E-state index contributed by atoms with van der Waals surface area (Å²) >= 11 is 0. The van der Waals surface area contributed by atoms with Gasteiger partial charge in [-0.2, -0.15) is 4.98 Å². The number of aliphatic hydroxyl groups is 1. The van der Waals surface area contributed by atoms with Gasteiger partial charge in [-0.05, 0) is 25.7 Å². The fourth-order valence-corrected chi connectivity index (χ4v) is 2.54. The number of aliphatic hydroxyl groups excluding tert-OH is 1. The summed E-state index contributed by atoms with van der Waals surface area (Å²) in [4.78, 5) is 4.38. The molecule has 0 atom stereocenters. The maximum atomic E-state index is 9.47. The van der Waals surface area contributed by atoms with Gasteiger partial charge in [-0.3, -0.25) is 0 Å². The Morgan fingerprint density at radius 1 is 1.35 bits per heavy atom. The Labute approximate surface area is 101 Å². The SMILES string of the molecule is OCC1(NCc2noc(C3CC3)n2)CCCC1. The molecule has 5 nitrogen and oxygen atoms in total. The molecule has 0 aromatic carbocycles. The average molecular weight is 237 g/mol. The van der Waals surface area contributed by atoms with Crippen molar-refractivity contribution < 1.29 is 9.63 Å². The fraction of sp³-hybridized carbons (Fsp3) is 0.833. The molecule has 1 heterocycles. The molecule has 0 unspecified atom stereocenters. The minimum absolute atomic E-state index is 0.111. The van der Waals surface area contributed by atoms with Crippen LogP contribution >= 0.6 is 0 Å². The third-order valence-electron chi connectivity index (χ3n) is 3.90. The van der Waals surface area contributed by atoms with E-state index in [1.165, 1.54) is 25.7 Å². The summed E-state index contributed by atoms with van der Waals surface area (Å²) in [6.45, 7) is 0.789. The van der Waals surface area contributed by atoms with Gasteiger partial charge in [0.1, 0.15) is 0 Å². The largest absolute Gasteiger partial charge is 0.394 e. The van der Waals surface area contributed by atoms with Gasteiger partial charge in [0.25, 0.3) is 0 Å². The standard InChI is InChI=1S/C12H19N3O2/c16-8-12(5-1-2-6-12)13-7-10-14-11(17-15-10)9-3-4-9/h9,13,16H,1-8H2. The summed E-state index contributed by atoms with van der Waals surface area (Å²) in [6, 6.07) is 0. The van der Waals surface area contributed by atoms with E-state index >= 15 is 0 Å². The van der Waals surface area contributed by atoms with E-state index < -0.39 is 0 Å². The van der Waals surface area contributed by atoms with E-state index in [-0.39, 0.29) is 12.1 Å². The molecular formula is C12H19N3O2. The molecule has 0 radical (unpaired) electrons. The summed E-state index contributed by atoms with van der Waals surface area (Å²) < 4.78 is 5.21. The van der Waals surface area contributed by atoms with E-state index in [9.17, 15) is 5.11 Å².